The first-order valence-electron chi connectivity index (χ1n) is 12.8. The van der Waals surface area contributed by atoms with E-state index in [-0.39, 0.29) is 17.6 Å². The molecule has 0 aliphatic heterocycles. The summed E-state index contributed by atoms with van der Waals surface area (Å²) in [6.07, 6.45) is 14.4. The third-order valence-electron chi connectivity index (χ3n) is 6.08. The van der Waals surface area contributed by atoms with E-state index in [0.29, 0.717) is 5.56 Å². The van der Waals surface area contributed by atoms with Crippen molar-refractivity contribution >= 4 is 5.91 Å². The number of nitrogens with zero attached hydrogens (tertiary/aromatic N) is 1. The van der Waals surface area contributed by atoms with Crippen molar-refractivity contribution in [2.45, 2.75) is 59.4 Å². The van der Waals surface area contributed by atoms with Gasteiger partial charge in [0, 0.05) is 24.0 Å². The van der Waals surface area contributed by atoms with Crippen LogP contribution in [0.25, 0.3) is 22.4 Å². The van der Waals surface area contributed by atoms with Gasteiger partial charge in [0.1, 0.15) is 5.82 Å². The Morgan fingerprint density at radius 2 is 1.64 bits per heavy atom. The molecule has 2 aromatic carbocycles. The molecule has 1 N–H and O–H groups in total. The molecule has 0 saturated heterocycles. The molecule has 3 rings (SSSR count). The van der Waals surface area contributed by atoms with Crippen molar-refractivity contribution < 1.29 is 9.18 Å². The smallest absolute Gasteiger partial charge is 0.257 e. The van der Waals surface area contributed by atoms with Gasteiger partial charge in [-0.2, -0.15) is 0 Å². The van der Waals surface area contributed by atoms with E-state index in [9.17, 15) is 9.18 Å². The first-order valence-corrected chi connectivity index (χ1v) is 12.8. The topological polar surface area (TPSA) is 34.0 Å². The number of halogens is 1. The zero-order valence-electron chi connectivity index (χ0n) is 21.8. The fourth-order valence-corrected chi connectivity index (χ4v) is 4.50. The molecule has 0 radical (unpaired) electrons. The molecule has 0 atom stereocenters. The number of nitrogens with one attached hydrogen (secondary N) is 1. The Morgan fingerprint density at radius 3 is 2.28 bits per heavy atom. The van der Waals surface area contributed by atoms with Crippen LogP contribution in [0.3, 0.4) is 0 Å². The third kappa shape index (κ3) is 6.51. The Morgan fingerprint density at radius 1 is 0.944 bits per heavy atom. The fraction of sp³-hybridized carbons (Fsp3) is 0.281. The number of unbranched alkanes of at least 4 members (excludes halogenated alkanes) is 2. The largest absolute Gasteiger partial charge is 0.343 e. The van der Waals surface area contributed by atoms with Crippen LogP contribution < -0.4 is 5.32 Å². The van der Waals surface area contributed by atoms with Gasteiger partial charge in [-0.25, -0.2) is 4.39 Å². The number of hydrogen-bond donors (Lipinski definition) is 1. The first kappa shape index (κ1) is 26.9. The Hall–Kier alpha value is -3.66. The molecular formula is C32H37FN2O. The van der Waals surface area contributed by atoms with Crippen LogP contribution in [-0.2, 0) is 6.54 Å². The second-order valence-corrected chi connectivity index (χ2v) is 9.11. The highest BCUT2D eigenvalue weighted by Gasteiger charge is 2.29. The molecule has 0 aliphatic carbocycles. The molecule has 1 aromatic heterocycles. The van der Waals surface area contributed by atoms with Crippen molar-refractivity contribution in [2.24, 2.45) is 0 Å². The predicted molar refractivity (Wildman–Crippen MR) is 149 cm³/mol. The molecule has 3 aromatic rings. The summed E-state index contributed by atoms with van der Waals surface area (Å²) in [5.41, 5.74) is 5.39. The summed E-state index contributed by atoms with van der Waals surface area (Å²) in [7, 11) is 0. The van der Waals surface area contributed by atoms with Crippen molar-refractivity contribution in [3.63, 3.8) is 0 Å². The van der Waals surface area contributed by atoms with Gasteiger partial charge in [0.2, 0.25) is 0 Å². The lowest BCUT2D eigenvalue weighted by molar-refractivity contribution is 0.0969. The van der Waals surface area contributed by atoms with E-state index in [2.05, 4.69) is 30.7 Å². The molecule has 1 heterocycles. The number of carbonyl (C=O) groups excluding carboxylic acids is 1. The van der Waals surface area contributed by atoms with E-state index in [0.717, 1.165) is 53.9 Å². The molecule has 0 spiro atoms. The average molecular weight is 485 g/mol. The third-order valence-corrected chi connectivity index (χ3v) is 6.08. The van der Waals surface area contributed by atoms with Crippen LogP contribution in [0, 0.1) is 5.82 Å². The highest BCUT2D eigenvalue weighted by molar-refractivity contribution is 6.06. The van der Waals surface area contributed by atoms with Gasteiger partial charge in [0.15, 0.2) is 0 Å². The van der Waals surface area contributed by atoms with Gasteiger partial charge in [-0.05, 0) is 60.7 Å². The molecule has 0 saturated carbocycles. The Bertz CT molecular complexity index is 1220. The maximum absolute atomic E-state index is 13.9. The summed E-state index contributed by atoms with van der Waals surface area (Å²) in [6, 6.07) is 16.6. The van der Waals surface area contributed by atoms with E-state index in [1.165, 1.54) is 12.1 Å². The molecule has 0 unspecified atom stereocenters. The maximum Gasteiger partial charge on any atom is 0.257 e. The minimum absolute atomic E-state index is 0.114. The molecule has 0 bridgehead atoms. The average Bonchev–Trinajstić information content (AvgIpc) is 3.22. The molecule has 0 fully saturated rings. The standard InChI is InChI=1S/C32H37FN2O/c1-5-7-9-10-14-22-34-32(36)29-28(25-16-12-11-13-17-25)31(26-18-20-27(33)21-19-26)35(23-15-8-6-2)30(29)24(3)4/h5,7,9-14,16-22,24H,6,8,15,23H2,1-4H3,(H,34,36)/b7-5-,10-9-,22-14+. The SMILES string of the molecule is C\C=C/C=C\C=C\NC(=O)c1c(-c2ccccc2)c(-c2ccc(F)cc2)n(CCCCC)c1C(C)C. The van der Waals surface area contributed by atoms with E-state index in [1.54, 1.807) is 6.20 Å². The Kier molecular flexibility index (Phi) is 10.1. The summed E-state index contributed by atoms with van der Waals surface area (Å²) in [4.78, 5) is 13.8. The molecule has 1 amide bonds. The highest BCUT2D eigenvalue weighted by Crippen LogP contribution is 2.42. The van der Waals surface area contributed by atoms with Gasteiger partial charge < -0.3 is 9.88 Å². The van der Waals surface area contributed by atoms with Crippen LogP contribution >= 0.6 is 0 Å². The number of aromatic nitrogens is 1. The summed E-state index contributed by atoms with van der Waals surface area (Å²) < 4.78 is 16.2. The maximum atomic E-state index is 13.9. The molecule has 0 aliphatic rings. The normalized spacial score (nSPS) is 11.9. The first-order chi connectivity index (χ1) is 17.5. The highest BCUT2D eigenvalue weighted by atomic mass is 19.1. The van der Waals surface area contributed by atoms with Crippen molar-refractivity contribution in [1.82, 2.24) is 9.88 Å². The number of hydrogen-bond acceptors (Lipinski definition) is 1. The number of allylic oxidation sites excluding steroid dienone is 5. The summed E-state index contributed by atoms with van der Waals surface area (Å²) in [6.45, 7) is 9.19. The van der Waals surface area contributed by atoms with Gasteiger partial charge in [0.05, 0.1) is 11.3 Å². The molecule has 4 heteroatoms. The molecule has 36 heavy (non-hydrogen) atoms. The zero-order valence-corrected chi connectivity index (χ0v) is 21.8. The summed E-state index contributed by atoms with van der Waals surface area (Å²) in [5.74, 6) is -0.310. The van der Waals surface area contributed by atoms with Crippen molar-refractivity contribution in [2.75, 3.05) is 0 Å². The van der Waals surface area contributed by atoms with Gasteiger partial charge >= 0.3 is 0 Å². The quantitative estimate of drug-likeness (QED) is 0.214. The van der Waals surface area contributed by atoms with E-state index in [4.69, 9.17) is 0 Å². The van der Waals surface area contributed by atoms with Crippen molar-refractivity contribution in [1.29, 1.82) is 0 Å². The van der Waals surface area contributed by atoms with Crippen LogP contribution in [0.4, 0.5) is 4.39 Å². The minimum Gasteiger partial charge on any atom is -0.343 e. The lowest BCUT2D eigenvalue weighted by Gasteiger charge is -2.17. The number of benzene rings is 2. The Balaban J connectivity index is 2.26. The number of rotatable bonds is 11. The Labute approximate surface area is 215 Å². The van der Waals surface area contributed by atoms with Gasteiger partial charge in [0.25, 0.3) is 5.91 Å². The van der Waals surface area contributed by atoms with Crippen LogP contribution in [-0.4, -0.2) is 10.5 Å². The van der Waals surface area contributed by atoms with Crippen LogP contribution in [0.2, 0.25) is 0 Å². The predicted octanol–water partition coefficient (Wildman–Crippen LogP) is 8.65. The zero-order chi connectivity index (χ0) is 25.9. The van der Waals surface area contributed by atoms with Gasteiger partial charge in [-0.3, -0.25) is 4.79 Å². The lowest BCUT2D eigenvalue weighted by Crippen LogP contribution is -2.20. The van der Waals surface area contributed by atoms with E-state index < -0.39 is 0 Å². The van der Waals surface area contributed by atoms with Crippen LogP contribution in [0.5, 0.6) is 0 Å². The summed E-state index contributed by atoms with van der Waals surface area (Å²) >= 11 is 0. The van der Waals surface area contributed by atoms with Gasteiger partial charge in [-0.1, -0.05) is 88.2 Å². The van der Waals surface area contributed by atoms with Crippen LogP contribution in [0.1, 0.15) is 68.9 Å². The monoisotopic (exact) mass is 484 g/mol. The summed E-state index contributed by atoms with van der Waals surface area (Å²) in [5, 5.41) is 2.98. The lowest BCUT2D eigenvalue weighted by atomic mass is 9.94. The minimum atomic E-state index is -0.276. The van der Waals surface area contributed by atoms with Crippen molar-refractivity contribution in [3.8, 4) is 22.4 Å². The molecule has 188 valence electrons. The van der Waals surface area contributed by atoms with E-state index in [1.807, 2.05) is 79.8 Å². The molecular weight excluding hydrogens is 447 g/mol. The second-order valence-electron chi connectivity index (χ2n) is 9.11. The van der Waals surface area contributed by atoms with E-state index >= 15 is 0 Å². The molecule has 3 nitrogen and oxygen atoms in total. The van der Waals surface area contributed by atoms with Crippen molar-refractivity contribution in [3.05, 3.63) is 108 Å². The number of carbonyl (C=O) groups is 1. The number of amides is 1. The second kappa shape index (κ2) is 13.4. The fourth-order valence-electron chi connectivity index (χ4n) is 4.50. The van der Waals surface area contributed by atoms with Crippen LogP contribution in [0.15, 0.2) is 91.2 Å². The van der Waals surface area contributed by atoms with Gasteiger partial charge in [-0.15, -0.1) is 0 Å².